The van der Waals surface area contributed by atoms with Crippen LogP contribution in [0.1, 0.15) is 46.0 Å². The molecule has 0 aromatic carbocycles. The zero-order valence-electron chi connectivity index (χ0n) is 11.2. The van der Waals surface area contributed by atoms with Gasteiger partial charge in [0.05, 0.1) is 6.04 Å². The van der Waals surface area contributed by atoms with Crippen molar-refractivity contribution in [3.05, 3.63) is 0 Å². The van der Waals surface area contributed by atoms with Crippen molar-refractivity contribution in [2.24, 2.45) is 5.73 Å². The first-order valence-electron chi connectivity index (χ1n) is 6.95. The number of hydrogen-bond donors (Lipinski definition) is 2. The molecule has 0 spiro atoms. The molecule has 17 heavy (non-hydrogen) atoms. The van der Waals surface area contributed by atoms with Crippen LogP contribution in [0.2, 0.25) is 0 Å². The molecule has 0 bridgehead atoms. The number of nitrogens with one attached hydrogen (secondary N) is 1. The van der Waals surface area contributed by atoms with E-state index in [0.717, 1.165) is 32.5 Å². The van der Waals surface area contributed by atoms with Gasteiger partial charge in [0.1, 0.15) is 0 Å². The van der Waals surface area contributed by atoms with Gasteiger partial charge in [0.25, 0.3) is 0 Å². The maximum Gasteiger partial charge on any atom is 0.234 e. The Morgan fingerprint density at radius 3 is 2.71 bits per heavy atom. The van der Waals surface area contributed by atoms with Crippen LogP contribution in [0, 0.1) is 0 Å². The maximum atomic E-state index is 11.4. The standard InChI is InChI=1S/C13H27N3O/c1-3-9-16(12(4-2)13(14)17)10-11-7-5-6-8-15-11/h11-12,15H,3-10H2,1-2H3,(H2,14,17). The Hall–Kier alpha value is -0.610. The number of amides is 1. The van der Waals surface area contributed by atoms with Crippen molar-refractivity contribution < 1.29 is 4.79 Å². The van der Waals surface area contributed by atoms with E-state index in [1.54, 1.807) is 0 Å². The van der Waals surface area contributed by atoms with Gasteiger partial charge in [0.2, 0.25) is 5.91 Å². The SMILES string of the molecule is CCCN(CC1CCCCN1)C(CC)C(N)=O. The van der Waals surface area contributed by atoms with Gasteiger partial charge in [-0.1, -0.05) is 20.3 Å². The highest BCUT2D eigenvalue weighted by Gasteiger charge is 2.24. The van der Waals surface area contributed by atoms with E-state index in [0.29, 0.717) is 6.04 Å². The second kappa shape index (κ2) is 7.67. The number of hydrogen-bond acceptors (Lipinski definition) is 3. The molecule has 0 radical (unpaired) electrons. The summed E-state index contributed by atoms with van der Waals surface area (Å²) in [6.45, 7) is 7.20. The number of primary amides is 1. The first kappa shape index (κ1) is 14.5. The van der Waals surface area contributed by atoms with Crippen molar-refractivity contribution in [2.75, 3.05) is 19.6 Å². The molecule has 1 rings (SSSR count). The van der Waals surface area contributed by atoms with Crippen LogP contribution < -0.4 is 11.1 Å². The van der Waals surface area contributed by atoms with E-state index in [9.17, 15) is 4.79 Å². The van der Waals surface area contributed by atoms with Gasteiger partial charge in [-0.2, -0.15) is 0 Å². The molecule has 2 unspecified atom stereocenters. The average molecular weight is 241 g/mol. The Bertz CT molecular complexity index is 227. The smallest absolute Gasteiger partial charge is 0.234 e. The summed E-state index contributed by atoms with van der Waals surface area (Å²) >= 11 is 0. The van der Waals surface area contributed by atoms with Crippen LogP contribution in [-0.2, 0) is 4.79 Å². The molecule has 2 atom stereocenters. The van der Waals surface area contributed by atoms with Crippen molar-refractivity contribution >= 4 is 5.91 Å². The van der Waals surface area contributed by atoms with E-state index in [-0.39, 0.29) is 11.9 Å². The van der Waals surface area contributed by atoms with Crippen LogP contribution in [-0.4, -0.2) is 42.5 Å². The van der Waals surface area contributed by atoms with E-state index in [2.05, 4.69) is 17.1 Å². The fourth-order valence-electron chi connectivity index (χ4n) is 2.66. The monoisotopic (exact) mass is 241 g/mol. The molecule has 3 N–H and O–H groups in total. The predicted octanol–water partition coefficient (Wildman–Crippen LogP) is 1.10. The Labute approximate surface area is 105 Å². The number of nitrogens with two attached hydrogens (primary N) is 1. The van der Waals surface area contributed by atoms with E-state index >= 15 is 0 Å². The summed E-state index contributed by atoms with van der Waals surface area (Å²) in [5.41, 5.74) is 5.48. The van der Waals surface area contributed by atoms with Crippen molar-refractivity contribution in [3.63, 3.8) is 0 Å². The van der Waals surface area contributed by atoms with Crippen LogP contribution in [0.5, 0.6) is 0 Å². The first-order valence-corrected chi connectivity index (χ1v) is 6.95. The molecule has 0 saturated carbocycles. The minimum absolute atomic E-state index is 0.0984. The second-order valence-corrected chi connectivity index (χ2v) is 4.97. The second-order valence-electron chi connectivity index (χ2n) is 4.97. The normalized spacial score (nSPS) is 22.6. The highest BCUT2D eigenvalue weighted by atomic mass is 16.1. The lowest BCUT2D eigenvalue weighted by Gasteiger charge is -2.34. The quantitative estimate of drug-likeness (QED) is 0.702. The summed E-state index contributed by atoms with van der Waals surface area (Å²) < 4.78 is 0. The van der Waals surface area contributed by atoms with Gasteiger partial charge >= 0.3 is 0 Å². The summed E-state index contributed by atoms with van der Waals surface area (Å²) in [5.74, 6) is -0.184. The summed E-state index contributed by atoms with van der Waals surface area (Å²) in [6, 6.07) is 0.433. The lowest BCUT2D eigenvalue weighted by atomic mass is 10.0. The van der Waals surface area contributed by atoms with Gasteiger partial charge in [-0.05, 0) is 38.8 Å². The molecule has 4 heteroatoms. The number of carbonyl (C=O) groups excluding carboxylic acids is 1. The van der Waals surface area contributed by atoms with Gasteiger partial charge in [-0.25, -0.2) is 0 Å². The molecule has 100 valence electrons. The third kappa shape index (κ3) is 4.64. The molecule has 1 aliphatic heterocycles. The van der Waals surface area contributed by atoms with E-state index in [4.69, 9.17) is 5.73 Å². The lowest BCUT2D eigenvalue weighted by Crippen LogP contribution is -2.51. The minimum Gasteiger partial charge on any atom is -0.368 e. The first-order chi connectivity index (χ1) is 8.19. The van der Waals surface area contributed by atoms with Crippen molar-refractivity contribution in [2.45, 2.75) is 58.0 Å². The summed E-state index contributed by atoms with van der Waals surface area (Å²) in [7, 11) is 0. The van der Waals surface area contributed by atoms with Crippen LogP contribution >= 0.6 is 0 Å². The van der Waals surface area contributed by atoms with Crippen LogP contribution in [0.25, 0.3) is 0 Å². The molecular weight excluding hydrogens is 214 g/mol. The van der Waals surface area contributed by atoms with Crippen molar-refractivity contribution in [1.82, 2.24) is 10.2 Å². The molecule has 4 nitrogen and oxygen atoms in total. The van der Waals surface area contributed by atoms with Crippen molar-refractivity contribution in [1.29, 1.82) is 0 Å². The number of carbonyl (C=O) groups is 1. The Morgan fingerprint density at radius 1 is 1.47 bits per heavy atom. The fraction of sp³-hybridized carbons (Fsp3) is 0.923. The maximum absolute atomic E-state index is 11.4. The third-order valence-electron chi connectivity index (χ3n) is 3.53. The van der Waals surface area contributed by atoms with Gasteiger partial charge in [0.15, 0.2) is 0 Å². The highest BCUT2D eigenvalue weighted by Crippen LogP contribution is 2.12. The summed E-state index contributed by atoms with van der Waals surface area (Å²) in [4.78, 5) is 13.7. The van der Waals surface area contributed by atoms with Crippen LogP contribution in [0.4, 0.5) is 0 Å². The molecular formula is C13H27N3O. The molecule has 0 aliphatic carbocycles. The van der Waals surface area contributed by atoms with Crippen LogP contribution in [0.15, 0.2) is 0 Å². The van der Waals surface area contributed by atoms with Gasteiger partial charge in [0, 0.05) is 12.6 Å². The molecule has 1 fully saturated rings. The van der Waals surface area contributed by atoms with E-state index in [1.165, 1.54) is 19.3 Å². The number of nitrogens with zero attached hydrogens (tertiary/aromatic N) is 1. The molecule has 1 saturated heterocycles. The molecule has 1 amide bonds. The lowest BCUT2D eigenvalue weighted by molar-refractivity contribution is -0.123. The van der Waals surface area contributed by atoms with Crippen molar-refractivity contribution in [3.8, 4) is 0 Å². The zero-order chi connectivity index (χ0) is 12.7. The summed E-state index contributed by atoms with van der Waals surface area (Å²) in [6.07, 6.45) is 5.66. The summed E-state index contributed by atoms with van der Waals surface area (Å²) in [5, 5.41) is 3.53. The minimum atomic E-state index is -0.184. The Kier molecular flexibility index (Phi) is 6.52. The number of rotatable bonds is 7. The average Bonchev–Trinajstić information content (AvgIpc) is 2.31. The number of piperidine rings is 1. The van der Waals surface area contributed by atoms with E-state index in [1.807, 2.05) is 6.92 Å². The third-order valence-corrected chi connectivity index (χ3v) is 3.53. The van der Waals surface area contributed by atoms with Crippen LogP contribution in [0.3, 0.4) is 0 Å². The molecule has 0 aromatic rings. The van der Waals surface area contributed by atoms with E-state index < -0.39 is 0 Å². The topological polar surface area (TPSA) is 58.4 Å². The van der Waals surface area contributed by atoms with Gasteiger partial charge < -0.3 is 11.1 Å². The zero-order valence-corrected chi connectivity index (χ0v) is 11.2. The molecule has 1 aliphatic rings. The largest absolute Gasteiger partial charge is 0.368 e. The van der Waals surface area contributed by atoms with Gasteiger partial charge in [-0.3, -0.25) is 9.69 Å². The van der Waals surface area contributed by atoms with Gasteiger partial charge in [-0.15, -0.1) is 0 Å². The Morgan fingerprint density at radius 2 is 2.24 bits per heavy atom. The predicted molar refractivity (Wildman–Crippen MR) is 70.8 cm³/mol. The fourth-order valence-corrected chi connectivity index (χ4v) is 2.66. The molecule has 0 aromatic heterocycles. The highest BCUT2D eigenvalue weighted by molar-refractivity contribution is 5.79. The molecule has 1 heterocycles. The Balaban J connectivity index is 2.53.